The molecular formula is C14H24N4O. The van der Waals surface area contributed by atoms with Gasteiger partial charge in [-0.1, -0.05) is 0 Å². The van der Waals surface area contributed by atoms with E-state index in [2.05, 4.69) is 20.5 Å². The molecule has 1 aliphatic rings. The molecule has 0 radical (unpaired) electrons. The molecule has 2 rings (SSSR count). The van der Waals surface area contributed by atoms with E-state index in [1.165, 1.54) is 0 Å². The molecule has 1 aromatic rings. The van der Waals surface area contributed by atoms with E-state index in [1.807, 2.05) is 32.2 Å². The predicted molar refractivity (Wildman–Crippen MR) is 76.0 cm³/mol. The topological polar surface area (TPSA) is 60.2 Å². The average molecular weight is 264 g/mol. The number of piperazine rings is 1. The van der Waals surface area contributed by atoms with E-state index in [0.29, 0.717) is 6.54 Å². The Labute approximate surface area is 114 Å². The number of carbonyl (C=O) groups excluding carboxylic acids is 1. The van der Waals surface area contributed by atoms with Crippen LogP contribution in [0, 0.1) is 0 Å². The normalized spacial score (nSPS) is 17.4. The average Bonchev–Trinajstić information content (AvgIpc) is 2.93. The molecule has 0 atom stereocenters. The van der Waals surface area contributed by atoms with Crippen LogP contribution in [0.25, 0.3) is 0 Å². The van der Waals surface area contributed by atoms with Crippen molar-refractivity contribution >= 4 is 5.91 Å². The lowest BCUT2D eigenvalue weighted by molar-refractivity contribution is -0.132. The number of aromatic amines is 1. The first-order valence-corrected chi connectivity index (χ1v) is 6.97. The number of amides is 1. The summed E-state index contributed by atoms with van der Waals surface area (Å²) in [6.45, 7) is 8.45. The van der Waals surface area contributed by atoms with E-state index >= 15 is 0 Å². The van der Waals surface area contributed by atoms with E-state index in [1.54, 1.807) is 0 Å². The van der Waals surface area contributed by atoms with Crippen molar-refractivity contribution in [2.24, 2.45) is 0 Å². The van der Waals surface area contributed by atoms with Crippen LogP contribution >= 0.6 is 0 Å². The summed E-state index contributed by atoms with van der Waals surface area (Å²) in [5.74, 6) is 0.112. The first kappa shape index (κ1) is 14.1. The Balaban J connectivity index is 1.80. The summed E-state index contributed by atoms with van der Waals surface area (Å²) < 4.78 is 0. The smallest absolute Gasteiger partial charge is 0.239 e. The van der Waals surface area contributed by atoms with Crippen molar-refractivity contribution in [1.82, 2.24) is 20.5 Å². The van der Waals surface area contributed by atoms with Crippen molar-refractivity contribution in [2.75, 3.05) is 32.7 Å². The van der Waals surface area contributed by atoms with Crippen LogP contribution in [0.4, 0.5) is 0 Å². The van der Waals surface area contributed by atoms with Gasteiger partial charge >= 0.3 is 0 Å². The standard InChI is InChI=1S/C14H24N4O/c1-14(2,18-10-8-15-9-11-18)13(19)17-7-5-12-4-3-6-16-12/h3-4,6,15-16H,5,7-11H2,1-2H3,(H,17,19). The number of rotatable bonds is 5. The van der Waals surface area contributed by atoms with E-state index in [4.69, 9.17) is 0 Å². The number of aromatic nitrogens is 1. The minimum atomic E-state index is -0.433. The molecule has 1 saturated heterocycles. The number of H-pyrrole nitrogens is 1. The summed E-state index contributed by atoms with van der Waals surface area (Å²) in [6.07, 6.45) is 2.75. The largest absolute Gasteiger partial charge is 0.365 e. The van der Waals surface area contributed by atoms with Crippen molar-refractivity contribution in [3.8, 4) is 0 Å². The zero-order chi connectivity index (χ0) is 13.7. The van der Waals surface area contributed by atoms with E-state index in [0.717, 1.165) is 38.3 Å². The van der Waals surface area contributed by atoms with Gasteiger partial charge in [0.15, 0.2) is 0 Å². The van der Waals surface area contributed by atoms with Gasteiger partial charge in [-0.25, -0.2) is 0 Å². The van der Waals surface area contributed by atoms with Gasteiger partial charge in [0.05, 0.1) is 5.54 Å². The predicted octanol–water partition coefficient (Wildman–Crippen LogP) is 0.357. The summed E-state index contributed by atoms with van der Waals surface area (Å²) in [4.78, 5) is 17.7. The molecule has 1 aliphatic heterocycles. The fourth-order valence-electron chi connectivity index (χ4n) is 2.42. The highest BCUT2D eigenvalue weighted by Crippen LogP contribution is 2.15. The van der Waals surface area contributed by atoms with Crippen LogP contribution in [0.3, 0.4) is 0 Å². The number of carbonyl (C=O) groups is 1. The van der Waals surface area contributed by atoms with Gasteiger partial charge in [0.2, 0.25) is 5.91 Å². The van der Waals surface area contributed by atoms with Gasteiger partial charge in [-0.05, 0) is 26.0 Å². The summed E-state index contributed by atoms with van der Waals surface area (Å²) >= 11 is 0. The van der Waals surface area contributed by atoms with Crippen LogP contribution < -0.4 is 10.6 Å². The summed E-state index contributed by atoms with van der Waals surface area (Å²) in [5.41, 5.74) is 0.720. The molecule has 5 nitrogen and oxygen atoms in total. The molecule has 1 aromatic heterocycles. The quantitative estimate of drug-likeness (QED) is 0.719. The molecule has 1 amide bonds. The molecule has 5 heteroatoms. The van der Waals surface area contributed by atoms with Crippen molar-refractivity contribution in [2.45, 2.75) is 25.8 Å². The van der Waals surface area contributed by atoms with Gasteiger partial charge in [-0.3, -0.25) is 9.69 Å². The monoisotopic (exact) mass is 264 g/mol. The first-order valence-electron chi connectivity index (χ1n) is 6.97. The SMILES string of the molecule is CC(C)(C(=O)NCCc1ccc[nH]1)N1CCNCC1. The van der Waals surface area contributed by atoms with Crippen molar-refractivity contribution in [3.05, 3.63) is 24.0 Å². The van der Waals surface area contributed by atoms with Gasteiger partial charge in [0.25, 0.3) is 0 Å². The Hall–Kier alpha value is -1.33. The lowest BCUT2D eigenvalue weighted by Gasteiger charge is -2.39. The minimum Gasteiger partial charge on any atom is -0.365 e. The highest BCUT2D eigenvalue weighted by molar-refractivity contribution is 5.85. The van der Waals surface area contributed by atoms with Crippen LogP contribution in [0.15, 0.2) is 18.3 Å². The second-order valence-electron chi connectivity index (χ2n) is 5.50. The molecule has 0 bridgehead atoms. The third-order valence-electron chi connectivity index (χ3n) is 3.81. The van der Waals surface area contributed by atoms with Crippen LogP contribution in [0.5, 0.6) is 0 Å². The Morgan fingerprint density at radius 1 is 1.42 bits per heavy atom. The Morgan fingerprint density at radius 2 is 2.16 bits per heavy atom. The van der Waals surface area contributed by atoms with E-state index in [9.17, 15) is 4.79 Å². The zero-order valence-corrected chi connectivity index (χ0v) is 11.8. The number of nitrogens with one attached hydrogen (secondary N) is 3. The maximum atomic E-state index is 12.3. The second-order valence-corrected chi connectivity index (χ2v) is 5.50. The zero-order valence-electron chi connectivity index (χ0n) is 11.8. The number of hydrogen-bond acceptors (Lipinski definition) is 3. The Kier molecular flexibility index (Phi) is 4.61. The van der Waals surface area contributed by atoms with Gasteiger partial charge in [-0.2, -0.15) is 0 Å². The third kappa shape index (κ3) is 3.58. The fraction of sp³-hybridized carbons (Fsp3) is 0.643. The van der Waals surface area contributed by atoms with Gasteiger partial charge in [-0.15, -0.1) is 0 Å². The fourth-order valence-corrected chi connectivity index (χ4v) is 2.42. The number of nitrogens with zero attached hydrogens (tertiary/aromatic N) is 1. The molecule has 0 aliphatic carbocycles. The van der Waals surface area contributed by atoms with Crippen LogP contribution in [-0.4, -0.2) is 54.1 Å². The molecule has 1 fully saturated rings. The maximum absolute atomic E-state index is 12.3. The molecule has 19 heavy (non-hydrogen) atoms. The minimum absolute atomic E-state index is 0.112. The molecule has 2 heterocycles. The summed E-state index contributed by atoms with van der Waals surface area (Å²) in [5, 5.41) is 6.35. The van der Waals surface area contributed by atoms with E-state index in [-0.39, 0.29) is 5.91 Å². The summed E-state index contributed by atoms with van der Waals surface area (Å²) in [6, 6.07) is 4.01. The van der Waals surface area contributed by atoms with Gasteiger partial charge in [0.1, 0.15) is 0 Å². The molecule has 0 aromatic carbocycles. The van der Waals surface area contributed by atoms with Crippen molar-refractivity contribution in [1.29, 1.82) is 0 Å². The highest BCUT2D eigenvalue weighted by atomic mass is 16.2. The first-order chi connectivity index (χ1) is 9.10. The number of hydrogen-bond donors (Lipinski definition) is 3. The summed E-state index contributed by atoms with van der Waals surface area (Å²) in [7, 11) is 0. The van der Waals surface area contributed by atoms with Crippen molar-refractivity contribution < 1.29 is 4.79 Å². The second kappa shape index (κ2) is 6.21. The third-order valence-corrected chi connectivity index (χ3v) is 3.81. The molecular weight excluding hydrogens is 240 g/mol. The lowest BCUT2D eigenvalue weighted by atomic mass is 10.0. The maximum Gasteiger partial charge on any atom is 0.239 e. The van der Waals surface area contributed by atoms with Crippen LogP contribution in [0.1, 0.15) is 19.5 Å². The Bertz CT molecular complexity index is 394. The Morgan fingerprint density at radius 3 is 2.79 bits per heavy atom. The molecule has 106 valence electrons. The van der Waals surface area contributed by atoms with Crippen LogP contribution in [0.2, 0.25) is 0 Å². The van der Waals surface area contributed by atoms with E-state index < -0.39 is 5.54 Å². The lowest BCUT2D eigenvalue weighted by Crippen LogP contribution is -2.60. The van der Waals surface area contributed by atoms with Gasteiger partial charge < -0.3 is 15.6 Å². The molecule has 0 unspecified atom stereocenters. The molecule has 0 spiro atoms. The van der Waals surface area contributed by atoms with Crippen LogP contribution in [-0.2, 0) is 11.2 Å². The van der Waals surface area contributed by atoms with Crippen molar-refractivity contribution in [3.63, 3.8) is 0 Å². The molecule has 3 N–H and O–H groups in total. The molecule has 0 saturated carbocycles. The highest BCUT2D eigenvalue weighted by Gasteiger charge is 2.34. The van der Waals surface area contributed by atoms with Gasteiger partial charge in [0, 0.05) is 51.0 Å².